The molecule has 0 radical (unpaired) electrons. The van der Waals surface area contributed by atoms with Gasteiger partial charge in [-0.05, 0) is 56.0 Å². The Morgan fingerprint density at radius 2 is 1.81 bits per heavy atom. The lowest BCUT2D eigenvalue weighted by atomic mass is 9.96. The van der Waals surface area contributed by atoms with Gasteiger partial charge in [0.1, 0.15) is 5.82 Å². The predicted molar refractivity (Wildman–Crippen MR) is 133 cm³/mol. The SMILES string of the molecule is C[C@H]1CN(C2CCN(c3ncccc3C(N)=O)CC2)[C@@H](Cc2ccc(Cl)cc2)CO1.O=C(O)C(F)(F)F. The Bertz CT molecular complexity index is 1060. The minimum absolute atomic E-state index is 0.238. The zero-order valence-electron chi connectivity index (χ0n) is 20.3. The molecule has 1 aromatic carbocycles. The molecule has 0 spiro atoms. The maximum atomic E-state index is 11.8. The lowest BCUT2D eigenvalue weighted by Gasteiger charge is -2.46. The molecule has 1 amide bonds. The fourth-order valence-corrected chi connectivity index (χ4v) is 4.76. The molecule has 3 N–H and O–H groups in total. The normalized spacial score (nSPS) is 21.2. The fourth-order valence-electron chi connectivity index (χ4n) is 4.64. The summed E-state index contributed by atoms with van der Waals surface area (Å²) in [6.45, 7) is 5.56. The number of hydrogen-bond acceptors (Lipinski definition) is 6. The van der Waals surface area contributed by atoms with Crippen molar-refractivity contribution in [1.82, 2.24) is 9.88 Å². The van der Waals surface area contributed by atoms with E-state index in [4.69, 9.17) is 32.0 Å². The second kappa shape index (κ2) is 12.6. The number of carboxylic acids is 1. The number of ether oxygens (including phenoxy) is 1. The van der Waals surface area contributed by atoms with Gasteiger partial charge in [0.05, 0.1) is 18.3 Å². The van der Waals surface area contributed by atoms with E-state index in [1.165, 1.54) is 5.56 Å². The number of morpholine rings is 1. The third kappa shape index (κ3) is 8.05. The molecule has 0 saturated carbocycles. The van der Waals surface area contributed by atoms with Crippen LogP contribution in [0.3, 0.4) is 0 Å². The summed E-state index contributed by atoms with van der Waals surface area (Å²) >= 11 is 6.05. The van der Waals surface area contributed by atoms with Gasteiger partial charge in [-0.1, -0.05) is 23.7 Å². The highest BCUT2D eigenvalue weighted by Crippen LogP contribution is 2.28. The summed E-state index contributed by atoms with van der Waals surface area (Å²) in [7, 11) is 0. The number of primary amides is 1. The number of anilines is 1. The first kappa shape index (κ1) is 28.7. The van der Waals surface area contributed by atoms with E-state index in [-0.39, 0.29) is 6.10 Å². The average Bonchev–Trinajstić information content (AvgIpc) is 2.86. The second-order valence-electron chi connectivity index (χ2n) is 9.09. The Morgan fingerprint density at radius 3 is 2.38 bits per heavy atom. The van der Waals surface area contributed by atoms with E-state index < -0.39 is 18.1 Å². The first-order chi connectivity index (χ1) is 17.5. The number of pyridine rings is 1. The van der Waals surface area contributed by atoms with E-state index in [0.717, 1.165) is 50.5 Å². The quantitative estimate of drug-likeness (QED) is 0.592. The first-order valence-electron chi connectivity index (χ1n) is 11.9. The summed E-state index contributed by atoms with van der Waals surface area (Å²) in [5.41, 5.74) is 7.32. The number of nitrogens with zero attached hydrogens (tertiary/aromatic N) is 3. The molecule has 12 heteroatoms. The molecule has 0 unspecified atom stereocenters. The van der Waals surface area contributed by atoms with E-state index >= 15 is 0 Å². The molecule has 0 bridgehead atoms. The minimum Gasteiger partial charge on any atom is -0.475 e. The second-order valence-corrected chi connectivity index (χ2v) is 9.52. The van der Waals surface area contributed by atoms with Crippen LogP contribution < -0.4 is 10.6 Å². The van der Waals surface area contributed by atoms with E-state index in [1.54, 1.807) is 18.3 Å². The number of nitrogens with two attached hydrogens (primary N) is 1. The molecular weight excluding hydrogens is 513 g/mol. The van der Waals surface area contributed by atoms with Crippen molar-refractivity contribution in [3.8, 4) is 0 Å². The number of halogens is 4. The van der Waals surface area contributed by atoms with Crippen molar-refractivity contribution in [2.45, 2.75) is 50.6 Å². The summed E-state index contributed by atoms with van der Waals surface area (Å²) < 4.78 is 37.7. The van der Waals surface area contributed by atoms with Gasteiger partial charge in [-0.15, -0.1) is 0 Å². The number of amides is 1. The fraction of sp³-hybridized carbons (Fsp3) is 0.480. The molecule has 2 aromatic rings. The standard InChI is InChI=1S/C23H29ClN4O2.C2HF3O2/c1-16-14-28(20(15-30-16)13-17-4-6-18(24)7-5-17)19-8-11-27(12-9-19)23-21(22(25)29)3-2-10-26-23;3-2(4,5)1(6)7/h2-7,10,16,19-20H,8-9,11-15H2,1H3,(H2,25,29);(H,6,7)/t16-,20-;/m0./s1. The van der Waals surface area contributed by atoms with Crippen molar-refractivity contribution in [3.05, 3.63) is 58.7 Å². The monoisotopic (exact) mass is 542 g/mol. The molecule has 2 atom stereocenters. The summed E-state index contributed by atoms with van der Waals surface area (Å²) in [4.78, 5) is 29.9. The number of carboxylic acid groups (broad SMARTS) is 1. The van der Waals surface area contributed by atoms with Crippen LogP contribution in [0.5, 0.6) is 0 Å². The van der Waals surface area contributed by atoms with Gasteiger partial charge in [-0.3, -0.25) is 9.69 Å². The van der Waals surface area contributed by atoms with Gasteiger partial charge < -0.3 is 20.5 Å². The van der Waals surface area contributed by atoms with Crippen LogP contribution in [0.4, 0.5) is 19.0 Å². The third-order valence-corrected chi connectivity index (χ3v) is 6.67. The summed E-state index contributed by atoms with van der Waals surface area (Å²) in [5, 5.41) is 7.89. The number of rotatable bonds is 5. The molecule has 2 fully saturated rings. The number of hydrogen-bond donors (Lipinski definition) is 2. The van der Waals surface area contributed by atoms with E-state index in [0.29, 0.717) is 23.5 Å². The Labute approximate surface area is 218 Å². The van der Waals surface area contributed by atoms with E-state index in [9.17, 15) is 18.0 Å². The van der Waals surface area contributed by atoms with E-state index in [1.807, 2.05) is 12.1 Å². The van der Waals surface area contributed by atoms with Crippen molar-refractivity contribution in [3.63, 3.8) is 0 Å². The van der Waals surface area contributed by atoms with Crippen molar-refractivity contribution in [1.29, 1.82) is 0 Å². The van der Waals surface area contributed by atoms with Gasteiger partial charge in [0.15, 0.2) is 0 Å². The number of carbonyl (C=O) groups excluding carboxylic acids is 1. The van der Waals surface area contributed by atoms with Gasteiger partial charge in [-0.2, -0.15) is 13.2 Å². The molecule has 0 aliphatic carbocycles. The highest BCUT2D eigenvalue weighted by molar-refractivity contribution is 6.30. The van der Waals surface area contributed by atoms with Gasteiger partial charge in [0.2, 0.25) is 0 Å². The molecule has 37 heavy (non-hydrogen) atoms. The molecule has 2 aliphatic rings. The lowest BCUT2D eigenvalue weighted by Crippen LogP contribution is -2.56. The highest BCUT2D eigenvalue weighted by atomic mass is 35.5. The van der Waals surface area contributed by atoms with Crippen LogP contribution in [0.25, 0.3) is 0 Å². The van der Waals surface area contributed by atoms with Crippen LogP contribution >= 0.6 is 11.6 Å². The molecule has 2 saturated heterocycles. The zero-order valence-corrected chi connectivity index (χ0v) is 21.1. The summed E-state index contributed by atoms with van der Waals surface area (Å²) in [5.74, 6) is -2.48. The van der Waals surface area contributed by atoms with Crippen LogP contribution in [0, 0.1) is 0 Å². The van der Waals surface area contributed by atoms with Gasteiger partial charge in [-0.25, -0.2) is 9.78 Å². The molecule has 3 heterocycles. The number of carbonyl (C=O) groups is 2. The van der Waals surface area contributed by atoms with Crippen LogP contribution in [0.1, 0.15) is 35.7 Å². The molecule has 202 valence electrons. The lowest BCUT2D eigenvalue weighted by molar-refractivity contribution is -0.192. The first-order valence-corrected chi connectivity index (χ1v) is 12.2. The van der Waals surface area contributed by atoms with Crippen molar-refractivity contribution in [2.75, 3.05) is 31.1 Å². The average molecular weight is 543 g/mol. The van der Waals surface area contributed by atoms with Crippen molar-refractivity contribution < 1.29 is 32.6 Å². The third-order valence-electron chi connectivity index (χ3n) is 6.42. The zero-order chi connectivity index (χ0) is 27.2. The molecule has 1 aromatic heterocycles. The summed E-state index contributed by atoms with van der Waals surface area (Å²) in [6.07, 6.45) is -0.116. The summed E-state index contributed by atoms with van der Waals surface area (Å²) in [6, 6.07) is 12.5. The number of piperidine rings is 1. The predicted octanol–water partition coefficient (Wildman–Crippen LogP) is 3.77. The van der Waals surface area contributed by atoms with Crippen molar-refractivity contribution in [2.24, 2.45) is 5.73 Å². The van der Waals surface area contributed by atoms with Gasteiger partial charge in [0.25, 0.3) is 5.91 Å². The molecule has 8 nitrogen and oxygen atoms in total. The Morgan fingerprint density at radius 1 is 1.19 bits per heavy atom. The van der Waals surface area contributed by atoms with Crippen LogP contribution in [-0.4, -0.2) is 77.5 Å². The molecule has 2 aliphatic heterocycles. The largest absolute Gasteiger partial charge is 0.490 e. The number of benzene rings is 1. The van der Waals surface area contributed by atoms with Crippen LogP contribution in [0.15, 0.2) is 42.6 Å². The number of aliphatic carboxylic acids is 1. The Balaban J connectivity index is 0.000000479. The maximum Gasteiger partial charge on any atom is 0.490 e. The van der Waals surface area contributed by atoms with Crippen molar-refractivity contribution >= 4 is 29.3 Å². The smallest absolute Gasteiger partial charge is 0.475 e. The van der Waals surface area contributed by atoms with Gasteiger partial charge >= 0.3 is 12.1 Å². The molecular formula is C25H30ClF3N4O4. The number of aromatic nitrogens is 1. The van der Waals surface area contributed by atoms with Crippen LogP contribution in [0.2, 0.25) is 5.02 Å². The minimum atomic E-state index is -5.08. The van der Waals surface area contributed by atoms with Crippen LogP contribution in [-0.2, 0) is 16.0 Å². The Hall–Kier alpha value is -2.89. The van der Waals surface area contributed by atoms with Gasteiger partial charge in [0, 0.05) is 42.9 Å². The van der Waals surface area contributed by atoms with E-state index in [2.05, 4.69) is 33.8 Å². The number of alkyl halides is 3. The highest BCUT2D eigenvalue weighted by Gasteiger charge is 2.38. The topological polar surface area (TPSA) is 109 Å². The Kier molecular flexibility index (Phi) is 9.74. The molecule has 4 rings (SSSR count). The maximum absolute atomic E-state index is 11.8.